The number of fused-ring (bicyclic) bond motifs is 2. The lowest BCUT2D eigenvalue weighted by Crippen LogP contribution is -2.18. The van der Waals surface area contributed by atoms with Crippen LogP contribution < -0.4 is 5.32 Å². The molecule has 1 aliphatic rings. The summed E-state index contributed by atoms with van der Waals surface area (Å²) in [5, 5.41) is 3.86. The molecule has 1 aromatic heterocycles. The van der Waals surface area contributed by atoms with E-state index >= 15 is 0 Å². The number of carbonyl (C=O) groups is 1. The minimum absolute atomic E-state index is 0.0129. The summed E-state index contributed by atoms with van der Waals surface area (Å²) in [5.41, 5.74) is 2.02. The molecule has 0 spiro atoms. The van der Waals surface area contributed by atoms with Gasteiger partial charge in [-0.05, 0) is 30.5 Å². The molecule has 0 saturated heterocycles. The van der Waals surface area contributed by atoms with Crippen LogP contribution in [0.25, 0.3) is 10.9 Å². The number of halogens is 3. The van der Waals surface area contributed by atoms with Gasteiger partial charge in [-0.15, -0.1) is 0 Å². The molecule has 138 valence electrons. The Morgan fingerprint density at radius 3 is 2.56 bits per heavy atom. The maximum absolute atomic E-state index is 13.3. The molecule has 1 N–H and O–H groups in total. The van der Waals surface area contributed by atoms with Gasteiger partial charge in [-0.1, -0.05) is 36.4 Å². The van der Waals surface area contributed by atoms with E-state index in [4.69, 9.17) is 0 Å². The predicted octanol–water partition coefficient (Wildman–Crippen LogP) is 5.38. The quantitative estimate of drug-likeness (QED) is 0.673. The lowest BCUT2D eigenvalue weighted by Gasteiger charge is -2.21. The van der Waals surface area contributed by atoms with E-state index in [0.29, 0.717) is 24.1 Å². The topological polar surface area (TPSA) is 42.0 Å². The van der Waals surface area contributed by atoms with Gasteiger partial charge in [-0.3, -0.25) is 9.78 Å². The van der Waals surface area contributed by atoms with Crippen molar-refractivity contribution in [2.45, 2.75) is 32.0 Å². The van der Waals surface area contributed by atoms with Crippen molar-refractivity contribution in [1.82, 2.24) is 4.98 Å². The summed E-state index contributed by atoms with van der Waals surface area (Å²) in [5.74, 6) is -0.0129. The van der Waals surface area contributed by atoms with Crippen LogP contribution in [-0.2, 0) is 19.1 Å². The molecule has 0 fully saturated rings. The van der Waals surface area contributed by atoms with E-state index in [1.54, 1.807) is 6.07 Å². The van der Waals surface area contributed by atoms with E-state index in [2.05, 4.69) is 10.3 Å². The fourth-order valence-electron chi connectivity index (χ4n) is 3.60. The van der Waals surface area contributed by atoms with Gasteiger partial charge in [-0.25, -0.2) is 0 Å². The average molecular weight is 370 g/mol. The largest absolute Gasteiger partial charge is 0.416 e. The highest BCUT2D eigenvalue weighted by atomic mass is 19.4. The van der Waals surface area contributed by atoms with Crippen LogP contribution in [-0.4, -0.2) is 10.8 Å². The number of carbonyl (C=O) groups excluding carboxylic acids is 1. The van der Waals surface area contributed by atoms with Crippen LogP contribution in [0.4, 0.5) is 18.9 Å². The highest BCUT2D eigenvalue weighted by Crippen LogP contribution is 2.35. The van der Waals surface area contributed by atoms with Crippen molar-refractivity contribution < 1.29 is 18.0 Å². The van der Waals surface area contributed by atoms with Gasteiger partial charge in [0.05, 0.1) is 28.0 Å². The molecule has 0 bridgehead atoms. The van der Waals surface area contributed by atoms with Crippen LogP contribution in [0.15, 0.2) is 48.5 Å². The van der Waals surface area contributed by atoms with E-state index in [9.17, 15) is 18.0 Å². The first-order valence-electron chi connectivity index (χ1n) is 8.79. The molecule has 1 aliphatic carbocycles. The summed E-state index contributed by atoms with van der Waals surface area (Å²) in [6, 6.07) is 12.9. The van der Waals surface area contributed by atoms with Gasteiger partial charge in [-0.2, -0.15) is 13.2 Å². The SMILES string of the molecule is O=C1CCCc2nc3ccccc3c(NCc3ccccc3C(F)(F)F)c21. The number of rotatable bonds is 3. The van der Waals surface area contributed by atoms with E-state index in [-0.39, 0.29) is 17.9 Å². The number of aromatic nitrogens is 1. The molecule has 0 unspecified atom stereocenters. The van der Waals surface area contributed by atoms with E-state index in [1.807, 2.05) is 24.3 Å². The number of hydrogen-bond donors (Lipinski definition) is 1. The standard InChI is InChI=1S/C21H17F3N2O/c22-21(23,24)15-8-3-1-6-13(15)12-25-20-14-7-2-4-9-16(14)26-17-10-5-11-18(27)19(17)20/h1-4,6-9H,5,10-12H2,(H,25,26). The van der Waals surface area contributed by atoms with Crippen LogP contribution >= 0.6 is 0 Å². The molecule has 4 rings (SSSR count). The normalized spacial score (nSPS) is 14.3. The number of Topliss-reactive ketones (excluding diaryl/α,β-unsaturated/α-hetero) is 1. The molecule has 6 heteroatoms. The molecule has 3 aromatic rings. The molecular formula is C21H17F3N2O. The first kappa shape index (κ1) is 17.5. The monoisotopic (exact) mass is 370 g/mol. The zero-order valence-corrected chi connectivity index (χ0v) is 14.4. The van der Waals surface area contributed by atoms with Crippen molar-refractivity contribution in [2.75, 3.05) is 5.32 Å². The summed E-state index contributed by atoms with van der Waals surface area (Å²) in [7, 11) is 0. The molecule has 0 aliphatic heterocycles. The van der Waals surface area contributed by atoms with Gasteiger partial charge in [0.2, 0.25) is 0 Å². The summed E-state index contributed by atoms with van der Waals surface area (Å²) in [6.07, 6.45) is -2.55. The summed E-state index contributed by atoms with van der Waals surface area (Å²) in [4.78, 5) is 17.1. The van der Waals surface area contributed by atoms with Crippen LogP contribution in [0.3, 0.4) is 0 Å². The third-order valence-corrected chi connectivity index (χ3v) is 4.84. The summed E-state index contributed by atoms with van der Waals surface area (Å²) >= 11 is 0. The Bertz CT molecular complexity index is 1030. The van der Waals surface area contributed by atoms with Crippen molar-refractivity contribution in [3.63, 3.8) is 0 Å². The van der Waals surface area contributed by atoms with E-state index in [1.165, 1.54) is 12.1 Å². The third kappa shape index (κ3) is 3.27. The molecule has 0 radical (unpaired) electrons. The van der Waals surface area contributed by atoms with E-state index in [0.717, 1.165) is 29.1 Å². The number of nitrogens with zero attached hydrogens (tertiary/aromatic N) is 1. The van der Waals surface area contributed by atoms with Gasteiger partial charge in [0.15, 0.2) is 5.78 Å². The highest BCUT2D eigenvalue weighted by Gasteiger charge is 2.33. The number of alkyl halides is 3. The van der Waals surface area contributed by atoms with Gasteiger partial charge >= 0.3 is 6.18 Å². The minimum atomic E-state index is -4.42. The first-order valence-corrected chi connectivity index (χ1v) is 8.79. The molecule has 0 atom stereocenters. The average Bonchev–Trinajstić information content (AvgIpc) is 2.65. The molecule has 3 nitrogen and oxygen atoms in total. The van der Waals surface area contributed by atoms with Crippen LogP contribution in [0.1, 0.15) is 40.0 Å². The number of aryl methyl sites for hydroxylation is 1. The molecule has 2 aromatic carbocycles. The summed E-state index contributed by atoms with van der Waals surface area (Å²) in [6.45, 7) is -0.0244. The Labute approximate surface area is 154 Å². The van der Waals surface area contributed by atoms with Crippen molar-refractivity contribution >= 4 is 22.4 Å². The van der Waals surface area contributed by atoms with Gasteiger partial charge in [0.25, 0.3) is 0 Å². The minimum Gasteiger partial charge on any atom is -0.380 e. The Hall–Kier alpha value is -2.89. The van der Waals surface area contributed by atoms with Crippen LogP contribution in [0.2, 0.25) is 0 Å². The molecule has 1 heterocycles. The number of benzene rings is 2. The fourth-order valence-corrected chi connectivity index (χ4v) is 3.60. The molecule has 0 saturated carbocycles. The lowest BCUT2D eigenvalue weighted by molar-refractivity contribution is -0.138. The Morgan fingerprint density at radius 1 is 1.00 bits per heavy atom. The molecular weight excluding hydrogens is 353 g/mol. The number of para-hydroxylation sites is 1. The van der Waals surface area contributed by atoms with Crippen LogP contribution in [0, 0.1) is 0 Å². The molecule has 0 amide bonds. The third-order valence-electron chi connectivity index (χ3n) is 4.84. The predicted molar refractivity (Wildman–Crippen MR) is 97.8 cm³/mol. The number of pyridine rings is 1. The number of anilines is 1. The van der Waals surface area contributed by atoms with E-state index < -0.39 is 11.7 Å². The number of nitrogens with one attached hydrogen (secondary N) is 1. The second kappa shape index (κ2) is 6.68. The van der Waals surface area contributed by atoms with Gasteiger partial charge in [0.1, 0.15) is 0 Å². The van der Waals surface area contributed by atoms with Gasteiger partial charge in [0, 0.05) is 18.4 Å². The maximum atomic E-state index is 13.3. The summed E-state index contributed by atoms with van der Waals surface area (Å²) < 4.78 is 39.8. The fraction of sp³-hybridized carbons (Fsp3) is 0.238. The zero-order chi connectivity index (χ0) is 19.0. The molecule has 27 heavy (non-hydrogen) atoms. The maximum Gasteiger partial charge on any atom is 0.416 e. The Morgan fingerprint density at radius 2 is 1.74 bits per heavy atom. The smallest absolute Gasteiger partial charge is 0.380 e. The van der Waals surface area contributed by atoms with Crippen molar-refractivity contribution in [1.29, 1.82) is 0 Å². The van der Waals surface area contributed by atoms with Gasteiger partial charge < -0.3 is 5.32 Å². The number of hydrogen-bond acceptors (Lipinski definition) is 3. The van der Waals surface area contributed by atoms with Crippen LogP contribution in [0.5, 0.6) is 0 Å². The second-order valence-electron chi connectivity index (χ2n) is 6.61. The lowest BCUT2D eigenvalue weighted by atomic mass is 9.91. The number of ketones is 1. The first-order chi connectivity index (χ1) is 12.9. The van der Waals surface area contributed by atoms with Crippen molar-refractivity contribution in [3.05, 3.63) is 70.9 Å². The second-order valence-corrected chi connectivity index (χ2v) is 6.61. The highest BCUT2D eigenvalue weighted by molar-refractivity contribution is 6.09. The zero-order valence-electron chi connectivity index (χ0n) is 14.4. The van der Waals surface area contributed by atoms with Crippen molar-refractivity contribution in [3.8, 4) is 0 Å². The Kier molecular flexibility index (Phi) is 4.34. The Balaban J connectivity index is 1.79. The van der Waals surface area contributed by atoms with Crippen molar-refractivity contribution in [2.24, 2.45) is 0 Å².